The van der Waals surface area contributed by atoms with Crippen LogP contribution in [0.15, 0.2) is 35.7 Å². The average molecular weight is 586 g/mol. The minimum absolute atomic E-state index is 0.116. The van der Waals surface area contributed by atoms with E-state index < -0.39 is 17.9 Å². The number of hydrogen-bond donors (Lipinski definition) is 3. The van der Waals surface area contributed by atoms with Crippen molar-refractivity contribution in [2.24, 2.45) is 0 Å². The third kappa shape index (κ3) is 8.13. The van der Waals surface area contributed by atoms with E-state index in [1.54, 1.807) is 32.0 Å². The monoisotopic (exact) mass is 585 g/mol. The molecule has 1 aromatic carbocycles. The number of phenolic OH excluding ortho intramolecular Hbond substituents is 1. The fraction of sp³-hybridized carbons (Fsp3) is 0.346. The average Bonchev–Trinajstić information content (AvgIpc) is 3.29. The van der Waals surface area contributed by atoms with Crippen molar-refractivity contribution >= 4 is 49.5 Å². The molecule has 0 aliphatic heterocycles. The number of phenols is 1. The summed E-state index contributed by atoms with van der Waals surface area (Å²) in [5, 5.41) is 17.7. The van der Waals surface area contributed by atoms with E-state index in [2.05, 4.69) is 20.6 Å². The molecule has 37 heavy (non-hydrogen) atoms. The Morgan fingerprint density at radius 3 is 2.46 bits per heavy atom. The van der Waals surface area contributed by atoms with Gasteiger partial charge in [-0.2, -0.15) is 0 Å². The van der Waals surface area contributed by atoms with Crippen LogP contribution in [-0.2, 0) is 16.0 Å². The number of ether oxygens (including phenoxy) is 1. The quantitative estimate of drug-likeness (QED) is 0.179. The van der Waals surface area contributed by atoms with Gasteiger partial charge in [0.25, 0.3) is 0 Å². The molecule has 2 aromatic heterocycles. The Bertz CT molecular complexity index is 1260. The van der Waals surface area contributed by atoms with Crippen LogP contribution in [0.1, 0.15) is 49.0 Å². The van der Waals surface area contributed by atoms with Crippen molar-refractivity contribution in [2.75, 3.05) is 13.7 Å². The number of thiophene rings is 1. The van der Waals surface area contributed by atoms with Gasteiger partial charge in [0.2, 0.25) is 0 Å². The first-order valence-corrected chi connectivity index (χ1v) is 14.8. The fourth-order valence-electron chi connectivity index (χ4n) is 3.67. The van der Waals surface area contributed by atoms with Crippen LogP contribution in [0.2, 0.25) is 5.21 Å². The summed E-state index contributed by atoms with van der Waals surface area (Å²) in [5.41, 5.74) is 3.43. The molecular weight excluding hydrogens is 555 g/mol. The summed E-state index contributed by atoms with van der Waals surface area (Å²) in [6, 6.07) is 7.94. The van der Waals surface area contributed by atoms with E-state index in [-0.39, 0.29) is 34.0 Å². The van der Waals surface area contributed by atoms with E-state index in [1.807, 2.05) is 24.4 Å². The van der Waals surface area contributed by atoms with Gasteiger partial charge in [-0.25, -0.2) is 0 Å². The number of carbonyl (C=O) groups excluding carboxylic acids is 3. The first-order chi connectivity index (χ1) is 17.7. The van der Waals surface area contributed by atoms with Gasteiger partial charge in [-0.1, -0.05) is 0 Å². The van der Waals surface area contributed by atoms with Gasteiger partial charge in [0.1, 0.15) is 0 Å². The van der Waals surface area contributed by atoms with E-state index in [9.17, 15) is 19.5 Å². The summed E-state index contributed by atoms with van der Waals surface area (Å²) in [4.78, 5) is 47.4. The van der Waals surface area contributed by atoms with Crippen LogP contribution in [0, 0.1) is 20.8 Å². The van der Waals surface area contributed by atoms with E-state index in [0.29, 0.717) is 21.8 Å². The first-order valence-electron chi connectivity index (χ1n) is 11.7. The van der Waals surface area contributed by atoms with Crippen molar-refractivity contribution in [1.82, 2.24) is 20.6 Å². The maximum absolute atomic E-state index is 13.1. The number of amides is 2. The Morgan fingerprint density at radius 1 is 1.11 bits per heavy atom. The number of rotatable bonds is 11. The Hall–Kier alpha value is -3.23. The summed E-state index contributed by atoms with van der Waals surface area (Å²) >= 11 is 1.02. The van der Waals surface area contributed by atoms with E-state index in [4.69, 9.17) is 4.74 Å². The second-order valence-corrected chi connectivity index (χ2v) is 11.8. The molecule has 0 aliphatic carbocycles. The predicted octanol–water partition coefficient (Wildman–Crippen LogP) is 2.25. The molecule has 11 heteroatoms. The van der Waals surface area contributed by atoms with Gasteiger partial charge in [-0.15, -0.1) is 0 Å². The number of aromatic hydroxyl groups is 1. The number of hydrogen-bond acceptors (Lipinski definition) is 8. The number of benzene rings is 1. The van der Waals surface area contributed by atoms with Crippen molar-refractivity contribution in [3.63, 3.8) is 0 Å². The van der Waals surface area contributed by atoms with Crippen molar-refractivity contribution in [3.05, 3.63) is 68.7 Å². The molecule has 0 spiro atoms. The molecule has 1 atom stereocenters. The zero-order valence-corrected chi connectivity index (χ0v) is 23.9. The third-order valence-corrected chi connectivity index (χ3v) is 8.68. The SMILES string of the molecule is COC(=O)C(CNC(=O)c1cc(C)cs1)NC(=O)c1c(C)nc([As]CCCc2cccc(O)c2)nc1C. The van der Waals surface area contributed by atoms with Crippen molar-refractivity contribution in [3.8, 4) is 5.75 Å². The van der Waals surface area contributed by atoms with Gasteiger partial charge in [-0.3, -0.25) is 0 Å². The molecule has 0 saturated heterocycles. The normalized spacial score (nSPS) is 11.9. The summed E-state index contributed by atoms with van der Waals surface area (Å²) in [5.74, 6) is -1.23. The maximum atomic E-state index is 13.1. The molecule has 9 nitrogen and oxygen atoms in total. The topological polar surface area (TPSA) is 131 Å². The van der Waals surface area contributed by atoms with Gasteiger partial charge < -0.3 is 0 Å². The number of nitrogens with zero attached hydrogens (tertiary/aromatic N) is 2. The third-order valence-electron chi connectivity index (χ3n) is 5.49. The Balaban J connectivity index is 1.59. The zero-order chi connectivity index (χ0) is 26.9. The number of carbonyl (C=O) groups is 3. The van der Waals surface area contributed by atoms with Crippen LogP contribution in [-0.4, -0.2) is 68.3 Å². The molecule has 0 fully saturated rings. The summed E-state index contributed by atoms with van der Waals surface area (Å²) in [6.45, 7) is 5.26. The molecule has 3 rings (SSSR count). The zero-order valence-electron chi connectivity index (χ0n) is 21.2. The molecular formula is C26H30AsN4O5S. The molecule has 3 aromatic rings. The molecule has 0 saturated carbocycles. The molecule has 1 unspecified atom stereocenters. The van der Waals surface area contributed by atoms with Crippen LogP contribution in [0.3, 0.4) is 0 Å². The van der Waals surface area contributed by atoms with E-state index in [0.717, 1.165) is 33.8 Å². The number of aromatic nitrogens is 2. The second-order valence-electron chi connectivity index (χ2n) is 8.47. The molecule has 195 valence electrons. The van der Waals surface area contributed by atoms with Gasteiger partial charge >= 0.3 is 209 Å². The van der Waals surface area contributed by atoms with E-state index >= 15 is 0 Å². The molecule has 2 amide bonds. The Morgan fingerprint density at radius 2 is 1.84 bits per heavy atom. The van der Waals surface area contributed by atoms with Gasteiger partial charge in [0.15, 0.2) is 0 Å². The van der Waals surface area contributed by atoms with E-state index in [1.165, 1.54) is 18.4 Å². The summed E-state index contributed by atoms with van der Waals surface area (Å²) in [7, 11) is 1.23. The van der Waals surface area contributed by atoms with Gasteiger partial charge in [-0.05, 0) is 17.9 Å². The molecule has 0 aliphatic rings. The standard InChI is InChI=1S/C26H30AsN4O5S/c1-15-11-21(37-14-15)23(33)28-13-20(25(35)36-4)31-24(34)22-16(2)29-26(30-17(22)3)27-10-6-8-18-7-5-9-19(32)12-18/h5,7,9,11-12,14,20,32H,6,8,10,13H2,1-4H3,(H,28,33)(H,31,34). The molecule has 3 N–H and O–H groups in total. The minimum atomic E-state index is -1.07. The van der Waals surface area contributed by atoms with Crippen LogP contribution < -0.4 is 15.2 Å². The number of aryl methyl sites for hydroxylation is 4. The van der Waals surface area contributed by atoms with Crippen molar-refractivity contribution < 1.29 is 24.2 Å². The van der Waals surface area contributed by atoms with Crippen LogP contribution in [0.4, 0.5) is 0 Å². The van der Waals surface area contributed by atoms with Gasteiger partial charge in [0, 0.05) is 0 Å². The molecule has 1 radical (unpaired) electrons. The van der Waals surface area contributed by atoms with Crippen molar-refractivity contribution in [2.45, 2.75) is 44.9 Å². The van der Waals surface area contributed by atoms with Crippen LogP contribution in [0.25, 0.3) is 0 Å². The second kappa shape index (κ2) is 13.4. The fourth-order valence-corrected chi connectivity index (χ4v) is 6.49. The Kier molecular flexibility index (Phi) is 10.2. The first kappa shape index (κ1) is 28.3. The molecule has 2 heterocycles. The molecule has 0 bridgehead atoms. The number of nitrogens with one attached hydrogen (secondary N) is 2. The Labute approximate surface area is 226 Å². The van der Waals surface area contributed by atoms with Crippen LogP contribution in [0.5, 0.6) is 5.75 Å². The number of methoxy groups -OCH3 is 1. The summed E-state index contributed by atoms with van der Waals surface area (Å²) in [6.07, 6.45) is 1.81. The van der Waals surface area contributed by atoms with Crippen LogP contribution >= 0.6 is 11.3 Å². The summed E-state index contributed by atoms with van der Waals surface area (Å²) < 4.78 is 5.56. The van der Waals surface area contributed by atoms with Gasteiger partial charge in [0.05, 0.1) is 0 Å². The predicted molar refractivity (Wildman–Crippen MR) is 143 cm³/mol. The number of esters is 1. The van der Waals surface area contributed by atoms with Crippen molar-refractivity contribution in [1.29, 1.82) is 0 Å².